The third kappa shape index (κ3) is 7.81. The molecular formula is C28H31ClN4O3. The van der Waals surface area contributed by atoms with Crippen LogP contribution in [0.4, 0.5) is 0 Å². The van der Waals surface area contributed by atoms with Gasteiger partial charge < -0.3 is 9.47 Å². The van der Waals surface area contributed by atoms with E-state index < -0.39 is 0 Å². The van der Waals surface area contributed by atoms with E-state index in [9.17, 15) is 4.79 Å². The Bertz CT molecular complexity index is 1150. The maximum absolute atomic E-state index is 12.4. The molecule has 1 N–H and O–H groups in total. The molecule has 1 aliphatic heterocycles. The van der Waals surface area contributed by atoms with Gasteiger partial charge in [0.15, 0.2) is 11.5 Å². The van der Waals surface area contributed by atoms with Crippen molar-refractivity contribution in [2.45, 2.75) is 13.2 Å². The number of carbonyl (C=O) groups is 1. The Balaban J connectivity index is 1.22. The van der Waals surface area contributed by atoms with Crippen LogP contribution in [0.2, 0.25) is 5.02 Å². The van der Waals surface area contributed by atoms with Gasteiger partial charge in [0.2, 0.25) is 0 Å². The Hall–Kier alpha value is -3.39. The van der Waals surface area contributed by atoms with Gasteiger partial charge >= 0.3 is 0 Å². The molecule has 0 spiro atoms. The Labute approximate surface area is 217 Å². The highest BCUT2D eigenvalue weighted by Crippen LogP contribution is 2.28. The lowest BCUT2D eigenvalue weighted by molar-refractivity contribution is -0.122. The Kier molecular flexibility index (Phi) is 9.33. The molecule has 1 amide bonds. The zero-order valence-corrected chi connectivity index (χ0v) is 21.2. The predicted molar refractivity (Wildman–Crippen MR) is 143 cm³/mol. The van der Waals surface area contributed by atoms with Crippen molar-refractivity contribution in [2.75, 3.05) is 39.8 Å². The second-order valence-corrected chi connectivity index (χ2v) is 9.09. The number of piperazine rings is 1. The summed E-state index contributed by atoms with van der Waals surface area (Å²) >= 11 is 5.97. The van der Waals surface area contributed by atoms with Crippen molar-refractivity contribution in [3.8, 4) is 11.5 Å². The number of benzene rings is 3. The molecule has 4 rings (SSSR count). The van der Waals surface area contributed by atoms with Crippen molar-refractivity contribution in [1.82, 2.24) is 15.2 Å². The molecule has 36 heavy (non-hydrogen) atoms. The number of halogens is 1. The van der Waals surface area contributed by atoms with E-state index in [1.54, 1.807) is 13.3 Å². The fourth-order valence-corrected chi connectivity index (χ4v) is 4.12. The van der Waals surface area contributed by atoms with Crippen LogP contribution in [0.5, 0.6) is 11.5 Å². The third-order valence-electron chi connectivity index (χ3n) is 5.98. The largest absolute Gasteiger partial charge is 0.493 e. The van der Waals surface area contributed by atoms with Gasteiger partial charge in [0.1, 0.15) is 6.61 Å². The first-order valence-electron chi connectivity index (χ1n) is 11.9. The number of hydrazone groups is 1. The number of hydrogen-bond acceptors (Lipinski definition) is 6. The smallest absolute Gasteiger partial charge is 0.254 e. The van der Waals surface area contributed by atoms with Crippen LogP contribution in [0.1, 0.15) is 16.7 Å². The van der Waals surface area contributed by atoms with Crippen molar-refractivity contribution < 1.29 is 14.3 Å². The van der Waals surface area contributed by atoms with Crippen molar-refractivity contribution in [1.29, 1.82) is 0 Å². The summed E-state index contributed by atoms with van der Waals surface area (Å²) in [7, 11) is 1.61. The summed E-state index contributed by atoms with van der Waals surface area (Å²) in [5.74, 6) is 1.13. The monoisotopic (exact) mass is 506 g/mol. The summed E-state index contributed by atoms with van der Waals surface area (Å²) in [5, 5.41) is 4.88. The standard InChI is InChI=1S/C28H31ClN4O3/c1-35-26-12-9-24(17-27(26)36-21-23-5-3-2-4-6-23)18-30-31-28(34)20-33-15-13-32(14-16-33)19-22-7-10-25(29)11-8-22/h2-12,17-18H,13-16,19-21H2,1H3,(H,31,34)/b30-18+. The van der Waals surface area contributed by atoms with Crippen LogP contribution >= 0.6 is 11.6 Å². The first-order chi connectivity index (χ1) is 17.6. The molecule has 188 valence electrons. The van der Waals surface area contributed by atoms with E-state index >= 15 is 0 Å². The van der Waals surface area contributed by atoms with Gasteiger partial charge in [-0.3, -0.25) is 14.6 Å². The molecule has 3 aromatic carbocycles. The third-order valence-corrected chi connectivity index (χ3v) is 6.23. The van der Waals surface area contributed by atoms with Gasteiger partial charge in [-0.05, 0) is 47.0 Å². The number of carbonyl (C=O) groups excluding carboxylic acids is 1. The summed E-state index contributed by atoms with van der Waals surface area (Å²) in [4.78, 5) is 16.9. The summed E-state index contributed by atoms with van der Waals surface area (Å²) in [6.07, 6.45) is 1.61. The van der Waals surface area contributed by atoms with Crippen LogP contribution in [0.25, 0.3) is 0 Å². The SMILES string of the molecule is COc1ccc(/C=N/NC(=O)CN2CCN(Cc3ccc(Cl)cc3)CC2)cc1OCc1ccccc1. The molecule has 7 nitrogen and oxygen atoms in total. The molecule has 3 aromatic rings. The summed E-state index contributed by atoms with van der Waals surface area (Å²) in [6, 6.07) is 23.4. The van der Waals surface area contributed by atoms with E-state index in [4.69, 9.17) is 21.1 Å². The molecule has 0 bridgehead atoms. The fourth-order valence-electron chi connectivity index (χ4n) is 3.99. The van der Waals surface area contributed by atoms with Crippen LogP contribution in [-0.2, 0) is 17.9 Å². The molecule has 0 unspecified atom stereocenters. The highest BCUT2D eigenvalue weighted by atomic mass is 35.5. The number of nitrogens with zero attached hydrogens (tertiary/aromatic N) is 3. The van der Waals surface area contributed by atoms with E-state index in [1.165, 1.54) is 5.56 Å². The van der Waals surface area contributed by atoms with E-state index in [1.807, 2.05) is 60.7 Å². The van der Waals surface area contributed by atoms with Crippen LogP contribution < -0.4 is 14.9 Å². The van der Waals surface area contributed by atoms with Gasteiger partial charge in [-0.1, -0.05) is 54.1 Å². The molecule has 1 heterocycles. The van der Waals surface area contributed by atoms with Crippen molar-refractivity contribution in [3.63, 3.8) is 0 Å². The lowest BCUT2D eigenvalue weighted by Crippen LogP contribution is -2.48. The van der Waals surface area contributed by atoms with E-state index in [-0.39, 0.29) is 5.91 Å². The lowest BCUT2D eigenvalue weighted by atomic mass is 10.2. The van der Waals surface area contributed by atoms with Gasteiger partial charge in [-0.2, -0.15) is 5.10 Å². The van der Waals surface area contributed by atoms with E-state index in [0.717, 1.165) is 48.9 Å². The second-order valence-electron chi connectivity index (χ2n) is 8.66. The molecule has 0 saturated carbocycles. The Morgan fingerprint density at radius 2 is 1.67 bits per heavy atom. The minimum absolute atomic E-state index is 0.133. The predicted octanol–water partition coefficient (Wildman–Crippen LogP) is 4.20. The molecule has 0 radical (unpaired) electrons. The highest BCUT2D eigenvalue weighted by Gasteiger charge is 2.19. The van der Waals surface area contributed by atoms with Crippen molar-refractivity contribution >= 4 is 23.7 Å². The van der Waals surface area contributed by atoms with E-state index in [2.05, 4.69) is 32.5 Å². The van der Waals surface area contributed by atoms with Crippen LogP contribution in [-0.4, -0.2) is 61.8 Å². The summed E-state index contributed by atoms with van der Waals surface area (Å²) < 4.78 is 11.4. The first-order valence-corrected chi connectivity index (χ1v) is 12.3. The zero-order valence-electron chi connectivity index (χ0n) is 20.4. The maximum atomic E-state index is 12.4. The topological polar surface area (TPSA) is 66.4 Å². The molecular weight excluding hydrogens is 476 g/mol. The molecule has 0 aliphatic carbocycles. The normalized spacial score (nSPS) is 14.6. The maximum Gasteiger partial charge on any atom is 0.254 e. The number of nitrogens with one attached hydrogen (secondary N) is 1. The number of ether oxygens (including phenoxy) is 2. The van der Waals surface area contributed by atoms with Crippen molar-refractivity contribution in [3.05, 3.63) is 94.5 Å². The van der Waals surface area contributed by atoms with Crippen LogP contribution in [0.3, 0.4) is 0 Å². The van der Waals surface area contributed by atoms with Gasteiger partial charge in [0.05, 0.1) is 19.9 Å². The number of amides is 1. The second kappa shape index (κ2) is 13.1. The summed E-state index contributed by atoms with van der Waals surface area (Å²) in [5.41, 5.74) is 5.74. The molecule has 8 heteroatoms. The number of rotatable bonds is 10. The quantitative estimate of drug-likeness (QED) is 0.330. The van der Waals surface area contributed by atoms with Gasteiger partial charge in [-0.25, -0.2) is 5.43 Å². The first kappa shape index (κ1) is 25.7. The number of hydrogen-bond donors (Lipinski definition) is 1. The minimum Gasteiger partial charge on any atom is -0.493 e. The lowest BCUT2D eigenvalue weighted by Gasteiger charge is -2.34. The van der Waals surface area contributed by atoms with Crippen molar-refractivity contribution in [2.24, 2.45) is 5.10 Å². The Morgan fingerprint density at radius 1 is 0.944 bits per heavy atom. The molecule has 1 fully saturated rings. The summed E-state index contributed by atoms with van der Waals surface area (Å²) in [6.45, 7) is 5.15. The van der Waals surface area contributed by atoms with Gasteiger partial charge in [0.25, 0.3) is 5.91 Å². The minimum atomic E-state index is -0.133. The highest BCUT2D eigenvalue weighted by molar-refractivity contribution is 6.30. The fraction of sp³-hybridized carbons (Fsp3) is 0.286. The van der Waals surface area contributed by atoms with Crippen LogP contribution in [0, 0.1) is 0 Å². The zero-order chi connectivity index (χ0) is 25.2. The molecule has 1 saturated heterocycles. The average Bonchev–Trinajstić information content (AvgIpc) is 2.90. The Morgan fingerprint density at radius 3 is 2.39 bits per heavy atom. The average molecular weight is 507 g/mol. The molecule has 0 atom stereocenters. The van der Waals surface area contributed by atoms with Gasteiger partial charge in [-0.15, -0.1) is 0 Å². The molecule has 0 aromatic heterocycles. The van der Waals surface area contributed by atoms with E-state index in [0.29, 0.717) is 24.7 Å². The van der Waals surface area contributed by atoms with Gasteiger partial charge in [0, 0.05) is 37.7 Å². The van der Waals surface area contributed by atoms with Crippen LogP contribution in [0.15, 0.2) is 77.9 Å². The molecule has 1 aliphatic rings. The number of methoxy groups -OCH3 is 1.